The quantitative estimate of drug-likeness (QED) is 0.500. The number of fused-ring (bicyclic) bond motifs is 2. The fraction of sp³-hybridized carbons (Fsp3) is 0.118. The molecule has 1 N–H and O–H groups in total. The van der Waals surface area contributed by atoms with Crippen LogP contribution in [0, 0.1) is 6.92 Å². The molecule has 0 saturated carbocycles. The molecule has 0 bridgehead atoms. The fourth-order valence-electron chi connectivity index (χ4n) is 2.72. The van der Waals surface area contributed by atoms with E-state index in [0.717, 1.165) is 38.5 Å². The minimum Gasteiger partial charge on any atom is -0.353 e. The van der Waals surface area contributed by atoms with Crippen molar-refractivity contribution >= 4 is 38.7 Å². The lowest BCUT2D eigenvalue weighted by atomic mass is 10.2. The summed E-state index contributed by atoms with van der Waals surface area (Å²) in [6, 6.07) is 11.4. The van der Waals surface area contributed by atoms with E-state index in [1.165, 1.54) is 11.3 Å². The Balaban J connectivity index is 1.37. The standard InChI is InChI=1S/C17H13ClN8S/c1-10-2-7-14-21-22-15(26(14)23-10)8-19-16-24-25-9-13(20-17(25)27-16)11-3-5-12(18)6-4-11/h2-7,9H,8H2,1H3,(H,19,24). The Morgan fingerprint density at radius 1 is 1.07 bits per heavy atom. The normalized spacial score (nSPS) is 11.5. The third-order valence-electron chi connectivity index (χ3n) is 4.04. The highest BCUT2D eigenvalue weighted by molar-refractivity contribution is 7.20. The number of halogens is 1. The molecule has 0 saturated heterocycles. The van der Waals surface area contributed by atoms with Crippen LogP contribution in [0.5, 0.6) is 0 Å². The van der Waals surface area contributed by atoms with E-state index in [0.29, 0.717) is 11.6 Å². The summed E-state index contributed by atoms with van der Waals surface area (Å²) in [4.78, 5) is 5.44. The van der Waals surface area contributed by atoms with Gasteiger partial charge in [0.25, 0.3) is 0 Å². The van der Waals surface area contributed by atoms with Crippen molar-refractivity contribution in [3.05, 3.63) is 59.1 Å². The highest BCUT2D eigenvalue weighted by Gasteiger charge is 2.11. The van der Waals surface area contributed by atoms with Crippen LogP contribution in [0.3, 0.4) is 0 Å². The zero-order chi connectivity index (χ0) is 18.4. The van der Waals surface area contributed by atoms with Gasteiger partial charge in [-0.3, -0.25) is 0 Å². The Hall–Kier alpha value is -3.04. The minimum absolute atomic E-state index is 0.471. The van der Waals surface area contributed by atoms with Crippen LogP contribution in [0.1, 0.15) is 11.5 Å². The van der Waals surface area contributed by atoms with E-state index in [1.807, 2.05) is 49.5 Å². The molecule has 4 heterocycles. The molecule has 0 aliphatic heterocycles. The summed E-state index contributed by atoms with van der Waals surface area (Å²) in [6.45, 7) is 2.41. The number of benzene rings is 1. The second kappa shape index (κ2) is 6.29. The Bertz CT molecular complexity index is 1220. The molecule has 0 spiro atoms. The third-order valence-corrected chi connectivity index (χ3v) is 5.17. The molecule has 0 atom stereocenters. The number of aromatic nitrogens is 7. The molecule has 0 radical (unpaired) electrons. The molecule has 5 aromatic rings. The highest BCUT2D eigenvalue weighted by atomic mass is 35.5. The van der Waals surface area contributed by atoms with Crippen LogP contribution in [0.15, 0.2) is 42.6 Å². The number of nitrogens with one attached hydrogen (secondary N) is 1. The summed E-state index contributed by atoms with van der Waals surface area (Å²) in [5.74, 6) is 0.725. The average Bonchev–Trinajstić information content (AvgIpc) is 3.33. The van der Waals surface area contributed by atoms with Crippen LogP contribution in [0.25, 0.3) is 21.9 Å². The number of aryl methyl sites for hydroxylation is 1. The van der Waals surface area contributed by atoms with E-state index in [2.05, 4.69) is 30.7 Å². The minimum atomic E-state index is 0.471. The molecule has 134 valence electrons. The van der Waals surface area contributed by atoms with Crippen LogP contribution >= 0.6 is 22.9 Å². The largest absolute Gasteiger partial charge is 0.353 e. The Morgan fingerprint density at radius 3 is 2.74 bits per heavy atom. The Labute approximate surface area is 162 Å². The molecular formula is C17H13ClN8S. The molecule has 0 fully saturated rings. The number of imidazole rings is 1. The number of hydrogen-bond acceptors (Lipinski definition) is 7. The van der Waals surface area contributed by atoms with E-state index in [4.69, 9.17) is 11.6 Å². The first-order valence-corrected chi connectivity index (χ1v) is 9.39. The molecule has 5 rings (SSSR count). The SMILES string of the molecule is Cc1ccc2nnc(CNc3nn4cc(-c5ccc(Cl)cc5)nc4s3)n2n1. The van der Waals surface area contributed by atoms with Crippen molar-refractivity contribution in [2.75, 3.05) is 5.32 Å². The van der Waals surface area contributed by atoms with Crippen LogP contribution in [0.2, 0.25) is 5.02 Å². The summed E-state index contributed by atoms with van der Waals surface area (Å²) in [7, 11) is 0. The molecule has 0 unspecified atom stereocenters. The van der Waals surface area contributed by atoms with Crippen molar-refractivity contribution in [1.82, 2.24) is 34.4 Å². The Kier molecular flexibility index (Phi) is 3.76. The second-order valence-corrected chi connectivity index (χ2v) is 7.37. The van der Waals surface area contributed by atoms with Gasteiger partial charge in [-0.25, -0.2) is 9.50 Å². The van der Waals surface area contributed by atoms with Gasteiger partial charge in [-0.15, -0.1) is 15.3 Å². The smallest absolute Gasteiger partial charge is 0.214 e. The lowest BCUT2D eigenvalue weighted by molar-refractivity contribution is 0.809. The molecule has 4 aromatic heterocycles. The van der Waals surface area contributed by atoms with Crippen LogP contribution in [0.4, 0.5) is 5.13 Å². The van der Waals surface area contributed by atoms with E-state index in [1.54, 1.807) is 9.03 Å². The van der Waals surface area contributed by atoms with Gasteiger partial charge in [-0.1, -0.05) is 35.1 Å². The van der Waals surface area contributed by atoms with Gasteiger partial charge in [0, 0.05) is 10.6 Å². The van der Waals surface area contributed by atoms with E-state index in [-0.39, 0.29) is 0 Å². The maximum Gasteiger partial charge on any atom is 0.214 e. The molecule has 0 aliphatic carbocycles. The van der Waals surface area contributed by atoms with E-state index in [9.17, 15) is 0 Å². The van der Waals surface area contributed by atoms with Gasteiger partial charge in [0.05, 0.1) is 24.1 Å². The number of rotatable bonds is 4. The van der Waals surface area contributed by atoms with Crippen molar-refractivity contribution in [2.24, 2.45) is 0 Å². The molecule has 0 amide bonds. The zero-order valence-electron chi connectivity index (χ0n) is 14.2. The van der Waals surface area contributed by atoms with Gasteiger partial charge in [0.2, 0.25) is 10.1 Å². The Morgan fingerprint density at radius 2 is 1.93 bits per heavy atom. The van der Waals surface area contributed by atoms with Crippen molar-refractivity contribution in [2.45, 2.75) is 13.5 Å². The van der Waals surface area contributed by atoms with Crippen LogP contribution in [-0.4, -0.2) is 34.4 Å². The number of hydrogen-bond donors (Lipinski definition) is 1. The molecule has 27 heavy (non-hydrogen) atoms. The predicted octanol–water partition coefficient (Wildman–Crippen LogP) is 3.47. The molecule has 10 heteroatoms. The van der Waals surface area contributed by atoms with Gasteiger partial charge in [-0.2, -0.15) is 9.61 Å². The van der Waals surface area contributed by atoms with Gasteiger partial charge in [0.15, 0.2) is 11.5 Å². The predicted molar refractivity (Wildman–Crippen MR) is 104 cm³/mol. The van der Waals surface area contributed by atoms with Crippen molar-refractivity contribution < 1.29 is 0 Å². The van der Waals surface area contributed by atoms with E-state index >= 15 is 0 Å². The first-order valence-electron chi connectivity index (χ1n) is 8.20. The van der Waals surface area contributed by atoms with Gasteiger partial charge >= 0.3 is 0 Å². The van der Waals surface area contributed by atoms with Crippen LogP contribution in [-0.2, 0) is 6.54 Å². The van der Waals surface area contributed by atoms with Gasteiger partial charge in [0.1, 0.15) is 0 Å². The lowest BCUT2D eigenvalue weighted by Gasteiger charge is -2.00. The van der Waals surface area contributed by atoms with Gasteiger partial charge in [-0.05, 0) is 31.2 Å². The number of nitrogens with zero attached hydrogens (tertiary/aromatic N) is 7. The highest BCUT2D eigenvalue weighted by Crippen LogP contribution is 2.25. The summed E-state index contributed by atoms with van der Waals surface area (Å²) in [6.07, 6.45) is 1.90. The molecular weight excluding hydrogens is 384 g/mol. The van der Waals surface area contributed by atoms with Crippen molar-refractivity contribution in [1.29, 1.82) is 0 Å². The average molecular weight is 397 g/mol. The topological polar surface area (TPSA) is 85.3 Å². The van der Waals surface area contributed by atoms with Crippen molar-refractivity contribution in [3.63, 3.8) is 0 Å². The molecule has 8 nitrogen and oxygen atoms in total. The summed E-state index contributed by atoms with van der Waals surface area (Å²) in [5.41, 5.74) is 3.49. The number of anilines is 1. The lowest BCUT2D eigenvalue weighted by Crippen LogP contribution is -2.06. The van der Waals surface area contributed by atoms with E-state index < -0.39 is 0 Å². The molecule has 1 aromatic carbocycles. The maximum atomic E-state index is 5.94. The second-order valence-electron chi connectivity index (χ2n) is 5.98. The van der Waals surface area contributed by atoms with Gasteiger partial charge < -0.3 is 5.32 Å². The van der Waals surface area contributed by atoms with Crippen molar-refractivity contribution in [3.8, 4) is 11.3 Å². The first-order chi connectivity index (χ1) is 13.2. The monoisotopic (exact) mass is 396 g/mol. The maximum absolute atomic E-state index is 5.94. The van der Waals surface area contributed by atoms with Crippen LogP contribution < -0.4 is 5.32 Å². The summed E-state index contributed by atoms with van der Waals surface area (Å²) >= 11 is 7.41. The molecule has 0 aliphatic rings. The first kappa shape index (κ1) is 16.2. The summed E-state index contributed by atoms with van der Waals surface area (Å²) in [5, 5.41) is 22.0. The third kappa shape index (κ3) is 3.00. The fourth-order valence-corrected chi connectivity index (χ4v) is 3.62. The summed E-state index contributed by atoms with van der Waals surface area (Å²) < 4.78 is 3.50. The zero-order valence-corrected chi connectivity index (χ0v) is 15.7.